The predicted octanol–water partition coefficient (Wildman–Crippen LogP) is 0.549. The van der Waals surface area contributed by atoms with Gasteiger partial charge in [-0.3, -0.25) is 4.79 Å². The molecule has 2 rings (SSSR count). The van der Waals surface area contributed by atoms with E-state index in [1.807, 2.05) is 30.3 Å². The molecule has 1 aliphatic rings. The minimum atomic E-state index is -0.239. The molecule has 1 aromatic carbocycles. The SMILES string of the molecule is CN1CCC(NC(=O)C(CN)c2ccccc2)C1. The molecule has 1 heterocycles. The number of rotatable bonds is 4. The number of benzene rings is 1. The number of carbonyl (C=O) groups is 1. The zero-order chi connectivity index (χ0) is 13.0. The molecule has 4 nitrogen and oxygen atoms in total. The number of hydrogen-bond donors (Lipinski definition) is 2. The largest absolute Gasteiger partial charge is 0.351 e. The van der Waals surface area contributed by atoms with E-state index in [1.165, 1.54) is 0 Å². The summed E-state index contributed by atoms with van der Waals surface area (Å²) in [4.78, 5) is 14.5. The van der Waals surface area contributed by atoms with Crippen molar-refractivity contribution in [2.24, 2.45) is 5.73 Å². The summed E-state index contributed by atoms with van der Waals surface area (Å²) in [7, 11) is 2.07. The molecule has 1 saturated heterocycles. The maximum atomic E-state index is 12.2. The van der Waals surface area contributed by atoms with Crippen LogP contribution in [0.4, 0.5) is 0 Å². The van der Waals surface area contributed by atoms with E-state index in [0.29, 0.717) is 6.54 Å². The van der Waals surface area contributed by atoms with Crippen LogP contribution in [-0.2, 0) is 4.79 Å². The van der Waals surface area contributed by atoms with Gasteiger partial charge in [0.15, 0.2) is 0 Å². The Kier molecular flexibility index (Phi) is 4.33. The molecular weight excluding hydrogens is 226 g/mol. The molecule has 3 N–H and O–H groups in total. The lowest BCUT2D eigenvalue weighted by atomic mass is 9.98. The van der Waals surface area contributed by atoms with Crippen molar-refractivity contribution in [2.45, 2.75) is 18.4 Å². The second-order valence-corrected chi connectivity index (χ2v) is 4.96. The summed E-state index contributed by atoms with van der Waals surface area (Å²) in [5, 5.41) is 3.10. The fourth-order valence-corrected chi connectivity index (χ4v) is 2.43. The van der Waals surface area contributed by atoms with Gasteiger partial charge in [-0.15, -0.1) is 0 Å². The smallest absolute Gasteiger partial charge is 0.229 e. The average Bonchev–Trinajstić information content (AvgIpc) is 2.77. The minimum Gasteiger partial charge on any atom is -0.351 e. The summed E-state index contributed by atoms with van der Waals surface area (Å²) in [6.07, 6.45) is 1.02. The van der Waals surface area contributed by atoms with E-state index in [0.717, 1.165) is 25.1 Å². The van der Waals surface area contributed by atoms with Crippen molar-refractivity contribution in [3.05, 3.63) is 35.9 Å². The number of carbonyl (C=O) groups excluding carboxylic acids is 1. The topological polar surface area (TPSA) is 58.4 Å². The van der Waals surface area contributed by atoms with Crippen LogP contribution in [-0.4, -0.2) is 43.5 Å². The molecule has 1 fully saturated rings. The van der Waals surface area contributed by atoms with Gasteiger partial charge in [0.2, 0.25) is 5.91 Å². The third-order valence-electron chi connectivity index (χ3n) is 3.49. The lowest BCUT2D eigenvalue weighted by Gasteiger charge is -2.19. The number of amides is 1. The maximum Gasteiger partial charge on any atom is 0.229 e. The van der Waals surface area contributed by atoms with Gasteiger partial charge in [0.25, 0.3) is 0 Å². The van der Waals surface area contributed by atoms with E-state index in [1.54, 1.807) is 0 Å². The molecule has 98 valence electrons. The van der Waals surface area contributed by atoms with Gasteiger partial charge in [-0.2, -0.15) is 0 Å². The molecule has 0 aromatic heterocycles. The fourth-order valence-electron chi connectivity index (χ4n) is 2.43. The second-order valence-electron chi connectivity index (χ2n) is 4.96. The summed E-state index contributed by atoms with van der Waals surface area (Å²) < 4.78 is 0. The van der Waals surface area contributed by atoms with E-state index >= 15 is 0 Å². The van der Waals surface area contributed by atoms with Gasteiger partial charge in [0.1, 0.15) is 0 Å². The first-order valence-electron chi connectivity index (χ1n) is 6.44. The van der Waals surface area contributed by atoms with Crippen LogP contribution in [0, 0.1) is 0 Å². The van der Waals surface area contributed by atoms with Crippen LogP contribution < -0.4 is 11.1 Å². The standard InChI is InChI=1S/C14H21N3O/c1-17-8-7-12(10-17)16-14(18)13(9-15)11-5-3-2-4-6-11/h2-6,12-13H,7-10,15H2,1H3,(H,16,18). The van der Waals surface area contributed by atoms with Gasteiger partial charge in [-0.1, -0.05) is 30.3 Å². The second kappa shape index (κ2) is 5.98. The number of likely N-dealkylation sites (tertiary alicyclic amines) is 1. The summed E-state index contributed by atoms with van der Waals surface area (Å²) >= 11 is 0. The van der Waals surface area contributed by atoms with Crippen molar-refractivity contribution in [1.82, 2.24) is 10.2 Å². The van der Waals surface area contributed by atoms with Crippen molar-refractivity contribution in [2.75, 3.05) is 26.7 Å². The minimum absolute atomic E-state index is 0.0454. The van der Waals surface area contributed by atoms with Crippen LogP contribution in [0.5, 0.6) is 0 Å². The maximum absolute atomic E-state index is 12.2. The van der Waals surface area contributed by atoms with Crippen LogP contribution >= 0.6 is 0 Å². The normalized spacial score (nSPS) is 21.8. The Balaban J connectivity index is 1.98. The Morgan fingerprint density at radius 2 is 2.22 bits per heavy atom. The highest BCUT2D eigenvalue weighted by Crippen LogP contribution is 2.15. The molecule has 0 radical (unpaired) electrons. The highest BCUT2D eigenvalue weighted by atomic mass is 16.2. The lowest BCUT2D eigenvalue weighted by molar-refractivity contribution is -0.123. The molecule has 4 heteroatoms. The van der Waals surface area contributed by atoms with Crippen molar-refractivity contribution in [3.63, 3.8) is 0 Å². The van der Waals surface area contributed by atoms with Crippen LogP contribution in [0.2, 0.25) is 0 Å². The molecule has 18 heavy (non-hydrogen) atoms. The first-order valence-corrected chi connectivity index (χ1v) is 6.44. The molecule has 0 spiro atoms. The number of nitrogens with one attached hydrogen (secondary N) is 1. The predicted molar refractivity (Wildman–Crippen MR) is 72.3 cm³/mol. The Labute approximate surface area is 108 Å². The summed E-state index contributed by atoms with van der Waals surface area (Å²) in [6.45, 7) is 2.32. The zero-order valence-electron chi connectivity index (χ0n) is 10.8. The van der Waals surface area contributed by atoms with E-state index < -0.39 is 0 Å². The first-order chi connectivity index (χ1) is 8.70. The van der Waals surface area contributed by atoms with E-state index in [4.69, 9.17) is 5.73 Å². The van der Waals surface area contributed by atoms with Gasteiger partial charge < -0.3 is 16.0 Å². The van der Waals surface area contributed by atoms with Crippen LogP contribution in [0.1, 0.15) is 17.9 Å². The molecule has 2 atom stereocenters. The summed E-state index contributed by atoms with van der Waals surface area (Å²) in [5.41, 5.74) is 6.73. The number of nitrogens with zero attached hydrogens (tertiary/aromatic N) is 1. The Bertz CT molecular complexity index is 393. The average molecular weight is 247 g/mol. The summed E-state index contributed by atoms with van der Waals surface area (Å²) in [6, 6.07) is 10.0. The van der Waals surface area contributed by atoms with Gasteiger partial charge in [0, 0.05) is 19.1 Å². The third kappa shape index (κ3) is 3.09. The van der Waals surface area contributed by atoms with Crippen molar-refractivity contribution in [1.29, 1.82) is 0 Å². The van der Waals surface area contributed by atoms with Crippen molar-refractivity contribution in [3.8, 4) is 0 Å². The van der Waals surface area contributed by atoms with E-state index in [-0.39, 0.29) is 17.9 Å². The molecule has 0 bridgehead atoms. The highest BCUT2D eigenvalue weighted by Gasteiger charge is 2.25. The first kappa shape index (κ1) is 13.1. The third-order valence-corrected chi connectivity index (χ3v) is 3.49. The van der Waals surface area contributed by atoms with Crippen LogP contribution in [0.25, 0.3) is 0 Å². The Morgan fingerprint density at radius 1 is 1.50 bits per heavy atom. The fraction of sp³-hybridized carbons (Fsp3) is 0.500. The molecular formula is C14H21N3O. The molecule has 2 unspecified atom stereocenters. The Morgan fingerprint density at radius 3 is 2.78 bits per heavy atom. The number of likely N-dealkylation sites (N-methyl/N-ethyl adjacent to an activating group) is 1. The molecule has 0 saturated carbocycles. The number of hydrogen-bond acceptors (Lipinski definition) is 3. The van der Waals surface area contributed by atoms with E-state index in [9.17, 15) is 4.79 Å². The van der Waals surface area contributed by atoms with Gasteiger partial charge in [0.05, 0.1) is 5.92 Å². The molecule has 0 aliphatic carbocycles. The van der Waals surface area contributed by atoms with Crippen LogP contribution in [0.3, 0.4) is 0 Å². The van der Waals surface area contributed by atoms with Gasteiger partial charge >= 0.3 is 0 Å². The molecule has 1 aliphatic heterocycles. The molecule has 1 aromatic rings. The molecule has 1 amide bonds. The van der Waals surface area contributed by atoms with Crippen molar-refractivity contribution >= 4 is 5.91 Å². The van der Waals surface area contributed by atoms with Crippen molar-refractivity contribution < 1.29 is 4.79 Å². The quantitative estimate of drug-likeness (QED) is 0.817. The van der Waals surface area contributed by atoms with Gasteiger partial charge in [-0.05, 0) is 25.6 Å². The van der Waals surface area contributed by atoms with Crippen LogP contribution in [0.15, 0.2) is 30.3 Å². The van der Waals surface area contributed by atoms with Gasteiger partial charge in [-0.25, -0.2) is 0 Å². The lowest BCUT2D eigenvalue weighted by Crippen LogP contribution is -2.41. The monoisotopic (exact) mass is 247 g/mol. The Hall–Kier alpha value is -1.39. The summed E-state index contributed by atoms with van der Waals surface area (Å²) in [5.74, 6) is -0.193. The number of nitrogens with two attached hydrogens (primary N) is 1. The van der Waals surface area contributed by atoms with E-state index in [2.05, 4.69) is 17.3 Å². The zero-order valence-corrected chi connectivity index (χ0v) is 10.8. The highest BCUT2D eigenvalue weighted by molar-refractivity contribution is 5.84.